The van der Waals surface area contributed by atoms with Crippen molar-refractivity contribution in [1.82, 2.24) is 0 Å². The normalized spacial score (nSPS) is 11.0. The quantitative estimate of drug-likeness (QED) is 0.721. The van der Waals surface area contributed by atoms with Gasteiger partial charge in [-0.1, -0.05) is 48.5 Å². The van der Waals surface area contributed by atoms with Crippen molar-refractivity contribution in [1.29, 1.82) is 0 Å². The van der Waals surface area contributed by atoms with Crippen LogP contribution in [0, 0.1) is 0 Å². The third kappa shape index (κ3) is 3.10. The first-order chi connectivity index (χ1) is 11.6. The van der Waals surface area contributed by atoms with E-state index in [1.165, 1.54) is 12.1 Å². The Hall–Kier alpha value is -2.84. The maximum absolute atomic E-state index is 13.7. The van der Waals surface area contributed by atoms with Crippen LogP contribution in [-0.2, 0) is 4.57 Å². The van der Waals surface area contributed by atoms with Crippen LogP contribution in [0.25, 0.3) is 0 Å². The van der Waals surface area contributed by atoms with Crippen molar-refractivity contribution in [2.75, 3.05) is 0 Å². The summed E-state index contributed by atoms with van der Waals surface area (Å²) in [6.07, 6.45) is 0. The van der Waals surface area contributed by atoms with Crippen LogP contribution in [0.1, 0.15) is 10.4 Å². The zero-order chi connectivity index (χ0) is 17.0. The second kappa shape index (κ2) is 6.73. The fourth-order valence-corrected chi connectivity index (χ4v) is 4.44. The van der Waals surface area contributed by atoms with Crippen molar-refractivity contribution < 1.29 is 19.0 Å². The van der Waals surface area contributed by atoms with Crippen molar-refractivity contribution in [2.45, 2.75) is 0 Å². The average Bonchev–Trinajstić information content (AvgIpc) is 2.63. The van der Waals surface area contributed by atoms with Crippen molar-refractivity contribution in [3.8, 4) is 5.75 Å². The van der Waals surface area contributed by atoms with Gasteiger partial charge in [0.25, 0.3) is 0 Å². The van der Waals surface area contributed by atoms with Crippen LogP contribution < -0.4 is 15.1 Å². The number of para-hydroxylation sites is 1. The summed E-state index contributed by atoms with van der Waals surface area (Å²) in [6, 6.07) is 23.8. The summed E-state index contributed by atoms with van der Waals surface area (Å²) in [4.78, 5) is 11.4. The maximum atomic E-state index is 13.7. The van der Waals surface area contributed by atoms with E-state index >= 15 is 0 Å². The molecule has 0 saturated heterocycles. The summed E-state index contributed by atoms with van der Waals surface area (Å²) in [5, 5.41) is 10.4. The number of rotatable bonds is 5. The van der Waals surface area contributed by atoms with Crippen LogP contribution in [0.15, 0.2) is 84.9 Å². The van der Waals surface area contributed by atoms with Gasteiger partial charge < -0.3 is 9.63 Å². The van der Waals surface area contributed by atoms with Gasteiger partial charge in [-0.25, -0.2) is 4.79 Å². The van der Waals surface area contributed by atoms with Gasteiger partial charge in [0.1, 0.15) is 11.3 Å². The van der Waals surface area contributed by atoms with Gasteiger partial charge in [-0.3, -0.25) is 4.57 Å². The van der Waals surface area contributed by atoms with Crippen LogP contribution in [0.3, 0.4) is 0 Å². The van der Waals surface area contributed by atoms with Gasteiger partial charge in [-0.2, -0.15) is 0 Å². The Balaban J connectivity index is 2.15. The highest BCUT2D eigenvalue weighted by Crippen LogP contribution is 2.45. The highest BCUT2D eigenvalue weighted by atomic mass is 31.2. The highest BCUT2D eigenvalue weighted by molar-refractivity contribution is 7.74. The number of hydrogen-bond donors (Lipinski definition) is 1. The Kier molecular flexibility index (Phi) is 4.50. The molecule has 3 aromatic rings. The summed E-state index contributed by atoms with van der Waals surface area (Å²) in [7, 11) is -3.48. The molecule has 4 nitrogen and oxygen atoms in total. The summed E-state index contributed by atoms with van der Waals surface area (Å²) < 4.78 is 19.6. The molecule has 0 amide bonds. The molecule has 1 N–H and O–H groups in total. The second-order valence-electron chi connectivity index (χ2n) is 5.12. The zero-order valence-corrected chi connectivity index (χ0v) is 13.6. The van der Waals surface area contributed by atoms with E-state index in [2.05, 4.69) is 0 Å². The van der Waals surface area contributed by atoms with Crippen molar-refractivity contribution in [3.05, 3.63) is 90.5 Å². The first-order valence-corrected chi connectivity index (χ1v) is 8.97. The third-order valence-electron chi connectivity index (χ3n) is 3.54. The molecular weight excluding hydrogens is 323 g/mol. The fraction of sp³-hybridized carbons (Fsp3) is 0. The summed E-state index contributed by atoms with van der Waals surface area (Å²) in [5.41, 5.74) is -0.0235. The zero-order valence-electron chi connectivity index (χ0n) is 12.7. The Morgan fingerprint density at radius 1 is 0.750 bits per heavy atom. The van der Waals surface area contributed by atoms with Gasteiger partial charge in [-0.05, 0) is 36.4 Å². The Morgan fingerprint density at radius 2 is 1.21 bits per heavy atom. The van der Waals surface area contributed by atoms with Crippen molar-refractivity contribution >= 4 is 23.9 Å². The van der Waals surface area contributed by atoms with Crippen LogP contribution in [0.4, 0.5) is 0 Å². The number of hydrogen-bond acceptors (Lipinski definition) is 3. The Bertz CT molecular complexity index is 848. The lowest BCUT2D eigenvalue weighted by molar-refractivity contribution is 0.0695. The summed E-state index contributed by atoms with van der Waals surface area (Å²) in [5.74, 6) is -1.04. The highest BCUT2D eigenvalue weighted by Gasteiger charge is 2.31. The smallest absolute Gasteiger partial charge is 0.339 e. The molecular formula is C19H15O4P. The van der Waals surface area contributed by atoms with E-state index in [4.69, 9.17) is 4.52 Å². The molecule has 0 aliphatic carbocycles. The minimum absolute atomic E-state index is 0.0235. The van der Waals surface area contributed by atoms with Crippen molar-refractivity contribution in [2.24, 2.45) is 0 Å². The molecule has 0 fully saturated rings. The van der Waals surface area contributed by atoms with Crippen LogP contribution in [0.5, 0.6) is 5.75 Å². The molecule has 0 aromatic heterocycles. The first-order valence-electron chi connectivity index (χ1n) is 7.34. The van der Waals surface area contributed by atoms with E-state index in [0.717, 1.165) is 0 Å². The van der Waals surface area contributed by atoms with E-state index in [1.807, 2.05) is 12.1 Å². The Morgan fingerprint density at radius 3 is 1.71 bits per heavy atom. The van der Waals surface area contributed by atoms with Gasteiger partial charge in [0.15, 0.2) is 0 Å². The van der Waals surface area contributed by atoms with Gasteiger partial charge in [-0.15, -0.1) is 0 Å². The predicted octanol–water partition coefficient (Wildman–Crippen LogP) is 3.69. The first kappa shape index (κ1) is 16.0. The number of aromatic carboxylic acids is 1. The van der Waals surface area contributed by atoms with Crippen LogP contribution in [0.2, 0.25) is 0 Å². The fourth-order valence-electron chi connectivity index (χ4n) is 2.36. The average molecular weight is 338 g/mol. The molecule has 24 heavy (non-hydrogen) atoms. The molecule has 0 atom stereocenters. The minimum atomic E-state index is -3.48. The molecule has 0 heterocycles. The summed E-state index contributed by atoms with van der Waals surface area (Å²) >= 11 is 0. The molecule has 120 valence electrons. The van der Waals surface area contributed by atoms with E-state index in [9.17, 15) is 14.5 Å². The molecule has 0 saturated carbocycles. The van der Waals surface area contributed by atoms with Crippen molar-refractivity contribution in [3.63, 3.8) is 0 Å². The maximum Gasteiger partial charge on any atom is 0.339 e. The lowest BCUT2D eigenvalue weighted by Gasteiger charge is -2.21. The topological polar surface area (TPSA) is 63.6 Å². The Labute approximate surface area is 139 Å². The van der Waals surface area contributed by atoms with Gasteiger partial charge >= 0.3 is 13.3 Å². The molecule has 5 heteroatoms. The number of carboxylic acids is 1. The molecule has 0 unspecified atom stereocenters. The number of carbonyl (C=O) groups is 1. The number of carboxylic acid groups (broad SMARTS) is 1. The number of benzene rings is 3. The van der Waals surface area contributed by atoms with E-state index in [1.54, 1.807) is 60.7 Å². The molecule has 3 aromatic carbocycles. The van der Waals surface area contributed by atoms with E-state index < -0.39 is 13.3 Å². The molecule has 0 bridgehead atoms. The van der Waals surface area contributed by atoms with Crippen LogP contribution in [-0.4, -0.2) is 11.1 Å². The van der Waals surface area contributed by atoms with Gasteiger partial charge in [0.2, 0.25) is 0 Å². The molecule has 0 spiro atoms. The van der Waals surface area contributed by atoms with Gasteiger partial charge in [0, 0.05) is 0 Å². The molecule has 0 aliphatic heterocycles. The third-order valence-corrected chi connectivity index (χ3v) is 5.95. The molecule has 0 aliphatic rings. The van der Waals surface area contributed by atoms with Gasteiger partial charge in [0.05, 0.1) is 10.6 Å². The van der Waals surface area contributed by atoms with Crippen LogP contribution >= 0.6 is 7.37 Å². The lowest BCUT2D eigenvalue weighted by atomic mass is 10.2. The molecule has 3 rings (SSSR count). The van der Waals surface area contributed by atoms with E-state index in [0.29, 0.717) is 10.6 Å². The molecule has 0 radical (unpaired) electrons. The minimum Gasteiger partial charge on any atom is -0.478 e. The lowest BCUT2D eigenvalue weighted by Crippen LogP contribution is -2.20. The van der Waals surface area contributed by atoms with E-state index in [-0.39, 0.29) is 11.3 Å². The predicted molar refractivity (Wildman–Crippen MR) is 93.8 cm³/mol. The monoisotopic (exact) mass is 338 g/mol. The largest absolute Gasteiger partial charge is 0.478 e. The standard InChI is InChI=1S/C19H15O4P/c20-19(21)17-13-7-8-14-18(17)23-24(22,15-9-3-1-4-10-15)16-11-5-2-6-12-16/h1-14H,(H,20,21). The summed E-state index contributed by atoms with van der Waals surface area (Å²) in [6.45, 7) is 0. The second-order valence-corrected chi connectivity index (χ2v) is 7.43. The SMILES string of the molecule is O=C(O)c1ccccc1OP(=O)(c1ccccc1)c1ccccc1.